The molecular weight excluding hydrogens is 621 g/mol. The lowest BCUT2D eigenvalue weighted by atomic mass is 10.4. The summed E-state index contributed by atoms with van der Waals surface area (Å²) >= 11 is 0. The Morgan fingerprint density at radius 1 is 0.689 bits per heavy atom. The van der Waals surface area contributed by atoms with Crippen molar-refractivity contribution in [3.05, 3.63) is 12.7 Å². The van der Waals surface area contributed by atoms with Gasteiger partial charge in [-0.15, -0.1) is 0 Å². The maximum absolute atomic E-state index is 11.7. The first-order valence-electron chi connectivity index (χ1n) is 14.7. The van der Waals surface area contributed by atoms with E-state index in [1.807, 2.05) is 28.2 Å². The summed E-state index contributed by atoms with van der Waals surface area (Å²) in [7, 11) is 16.5. The number of rotatable bonds is 24. The molecule has 0 saturated heterocycles. The van der Waals surface area contributed by atoms with Gasteiger partial charge in [-0.3, -0.25) is 4.79 Å². The van der Waals surface area contributed by atoms with E-state index in [1.165, 1.54) is 0 Å². The van der Waals surface area contributed by atoms with Crippen LogP contribution in [0.15, 0.2) is 12.7 Å². The molecule has 0 fully saturated rings. The molecule has 0 rings (SSSR count). The number of nitrogens with zero attached hydrogens (tertiary/aromatic N) is 3. The van der Waals surface area contributed by atoms with Gasteiger partial charge in [0.1, 0.15) is 0 Å². The lowest BCUT2D eigenvalue weighted by molar-refractivity contribution is -0.144. The largest absolute Gasteiger partial charge is 0.500 e. The number of carbonyl (C=O) groups is 2. The van der Waals surface area contributed by atoms with Crippen LogP contribution in [0.2, 0.25) is 12.1 Å². The molecule has 0 saturated carbocycles. The van der Waals surface area contributed by atoms with Gasteiger partial charge < -0.3 is 56.0 Å². The van der Waals surface area contributed by atoms with Crippen molar-refractivity contribution >= 4 is 29.5 Å². The Morgan fingerprint density at radius 2 is 1.11 bits per heavy atom. The number of nitrogens with one attached hydrogen (secondary N) is 1. The molecule has 272 valence electrons. The van der Waals surface area contributed by atoms with E-state index in [0.29, 0.717) is 51.1 Å². The summed E-state index contributed by atoms with van der Waals surface area (Å²) in [6.45, 7) is 8.79. The highest BCUT2D eigenvalue weighted by atomic mass is 28.4. The van der Waals surface area contributed by atoms with Gasteiger partial charge in [0.25, 0.3) is 0 Å². The minimum Gasteiger partial charge on any atom is -0.466 e. The zero-order chi connectivity index (χ0) is 34.4. The molecule has 14 nitrogen and oxygen atoms in total. The first-order valence-corrected chi connectivity index (χ1v) is 18.5. The summed E-state index contributed by atoms with van der Waals surface area (Å²) in [6.07, 6.45) is 2.85. The molecule has 0 spiro atoms. The van der Waals surface area contributed by atoms with Crippen molar-refractivity contribution in [2.45, 2.75) is 38.8 Å². The van der Waals surface area contributed by atoms with Gasteiger partial charge in [-0.25, -0.2) is 4.79 Å². The zero-order valence-corrected chi connectivity index (χ0v) is 31.7. The predicted molar refractivity (Wildman–Crippen MR) is 184 cm³/mol. The first kappa shape index (κ1) is 50.6. The fourth-order valence-corrected chi connectivity index (χ4v) is 6.66. The summed E-state index contributed by atoms with van der Waals surface area (Å²) in [5.74, 6) is -0.592. The molecule has 45 heavy (non-hydrogen) atoms. The molecule has 0 heterocycles. The summed E-state index contributed by atoms with van der Waals surface area (Å²) in [6, 6.07) is 1.24. The lowest BCUT2D eigenvalue weighted by Gasteiger charge is -2.24. The minimum atomic E-state index is -2.55. The Labute approximate surface area is 277 Å². The SMILES string of the molecule is C.C=CC(=O)OCCC[Si](OC)(OC)OC.CNCCN(C)C.CO[Si](CCCOC(=O)CCN(C)CCN(C)C)(OC)OC. The number of carbonyl (C=O) groups excluding carboxylic acids is 2. The number of ether oxygens (including phenoxy) is 2. The Bertz CT molecular complexity index is 685. The van der Waals surface area contributed by atoms with Gasteiger partial charge >= 0.3 is 29.5 Å². The summed E-state index contributed by atoms with van der Waals surface area (Å²) in [5, 5.41) is 3.06. The van der Waals surface area contributed by atoms with E-state index in [9.17, 15) is 9.59 Å². The minimum absolute atomic E-state index is 0. The van der Waals surface area contributed by atoms with Crippen molar-refractivity contribution < 1.29 is 45.6 Å². The highest BCUT2D eigenvalue weighted by Crippen LogP contribution is 2.15. The number of likely N-dealkylation sites (N-methyl/N-ethyl adjacent to an activating group) is 4. The Balaban J connectivity index is -0.000000315. The van der Waals surface area contributed by atoms with Gasteiger partial charge in [0.05, 0.1) is 19.6 Å². The second kappa shape index (κ2) is 32.6. The first-order chi connectivity index (χ1) is 20.8. The van der Waals surface area contributed by atoms with Gasteiger partial charge in [0.2, 0.25) is 0 Å². The summed E-state index contributed by atoms with van der Waals surface area (Å²) in [4.78, 5) is 28.8. The fraction of sp³-hybridized carbons (Fsp3) is 0.862. The van der Waals surface area contributed by atoms with E-state index in [4.69, 9.17) is 36.0 Å². The van der Waals surface area contributed by atoms with Crippen molar-refractivity contribution in [2.75, 3.05) is 131 Å². The predicted octanol–water partition coefficient (Wildman–Crippen LogP) is 2.07. The van der Waals surface area contributed by atoms with Crippen LogP contribution >= 0.6 is 0 Å². The van der Waals surface area contributed by atoms with Crippen molar-refractivity contribution in [1.82, 2.24) is 20.0 Å². The molecule has 0 aromatic heterocycles. The molecule has 0 radical (unpaired) electrons. The van der Waals surface area contributed by atoms with E-state index in [-0.39, 0.29) is 13.4 Å². The third kappa shape index (κ3) is 29.8. The van der Waals surface area contributed by atoms with Gasteiger partial charge in [-0.05, 0) is 55.1 Å². The van der Waals surface area contributed by atoms with Gasteiger partial charge in [0, 0.05) is 93.5 Å². The van der Waals surface area contributed by atoms with E-state index in [0.717, 1.165) is 32.3 Å². The third-order valence-electron chi connectivity index (χ3n) is 6.23. The average Bonchev–Trinajstić information content (AvgIpc) is 3.03. The monoisotopic (exact) mass is 688 g/mol. The van der Waals surface area contributed by atoms with Gasteiger partial charge in [0.15, 0.2) is 0 Å². The zero-order valence-electron chi connectivity index (χ0n) is 29.7. The third-order valence-corrected chi connectivity index (χ3v) is 11.9. The maximum Gasteiger partial charge on any atom is 0.500 e. The van der Waals surface area contributed by atoms with Crippen LogP contribution in [0.3, 0.4) is 0 Å². The van der Waals surface area contributed by atoms with Gasteiger partial charge in [-0.1, -0.05) is 14.0 Å². The maximum atomic E-state index is 11.7. The summed E-state index contributed by atoms with van der Waals surface area (Å²) in [5.41, 5.74) is 0. The van der Waals surface area contributed by atoms with Crippen LogP contribution in [-0.2, 0) is 45.6 Å². The molecule has 0 aliphatic heterocycles. The Morgan fingerprint density at radius 3 is 1.44 bits per heavy atom. The normalized spacial score (nSPS) is 11.3. The molecular formula is C29H68N4O10Si2. The highest BCUT2D eigenvalue weighted by Gasteiger charge is 2.37. The highest BCUT2D eigenvalue weighted by molar-refractivity contribution is 6.60. The van der Waals surface area contributed by atoms with Crippen LogP contribution in [0.5, 0.6) is 0 Å². The smallest absolute Gasteiger partial charge is 0.466 e. The van der Waals surface area contributed by atoms with Crippen molar-refractivity contribution in [3.8, 4) is 0 Å². The van der Waals surface area contributed by atoms with Crippen LogP contribution < -0.4 is 5.32 Å². The molecule has 0 aliphatic carbocycles. The number of hydrogen-bond acceptors (Lipinski definition) is 14. The number of hydrogen-bond donors (Lipinski definition) is 1. The fourth-order valence-electron chi connectivity index (χ4n) is 3.28. The molecule has 0 amide bonds. The van der Waals surface area contributed by atoms with Gasteiger partial charge in [-0.2, -0.15) is 0 Å². The lowest BCUT2D eigenvalue weighted by Crippen LogP contribution is -2.42. The van der Waals surface area contributed by atoms with Crippen LogP contribution in [0.1, 0.15) is 26.7 Å². The van der Waals surface area contributed by atoms with E-state index in [1.54, 1.807) is 42.7 Å². The quantitative estimate of drug-likeness (QED) is 0.0688. The molecule has 0 bridgehead atoms. The topological polar surface area (TPSA) is 130 Å². The Hall–Kier alpha value is -1.29. The van der Waals surface area contributed by atoms with E-state index >= 15 is 0 Å². The van der Waals surface area contributed by atoms with Crippen molar-refractivity contribution in [1.29, 1.82) is 0 Å². The summed E-state index contributed by atoms with van der Waals surface area (Å²) < 4.78 is 41.6. The van der Waals surface area contributed by atoms with Crippen molar-refractivity contribution in [3.63, 3.8) is 0 Å². The second-order valence-corrected chi connectivity index (χ2v) is 16.3. The Kier molecular flexibility index (Phi) is 36.7. The molecule has 0 aromatic carbocycles. The van der Waals surface area contributed by atoms with Crippen LogP contribution in [0, 0.1) is 0 Å². The average molecular weight is 689 g/mol. The van der Waals surface area contributed by atoms with E-state index in [2.05, 4.69) is 40.7 Å². The van der Waals surface area contributed by atoms with Crippen molar-refractivity contribution in [2.24, 2.45) is 0 Å². The second-order valence-electron chi connectivity index (χ2n) is 10.2. The molecule has 16 heteroatoms. The van der Waals surface area contributed by atoms with Crippen LogP contribution in [0.25, 0.3) is 0 Å². The number of esters is 2. The van der Waals surface area contributed by atoms with Crippen LogP contribution in [0.4, 0.5) is 0 Å². The van der Waals surface area contributed by atoms with E-state index < -0.39 is 23.6 Å². The molecule has 0 atom stereocenters. The molecule has 0 aliphatic rings. The van der Waals surface area contributed by atoms with Crippen LogP contribution in [-0.4, -0.2) is 175 Å². The molecule has 0 unspecified atom stereocenters. The molecule has 0 aromatic rings. The molecule has 1 N–H and O–H groups in total. The standard InChI is InChI=1S/C14H32N2O5Si.C9H18O5Si.C5H14N2.CH4/c1-15(2)10-11-16(3)9-8-14(17)21-12-7-13-22(18-4,19-5)20-6;1-5-9(10)14-7-6-8-15(11-2,12-3)13-4;1-6-4-5-7(2)3;/h7-13H2,1-6H3;5H,1,6-8H2,2-4H3;6H,4-5H2,1-3H3;1H4.